The van der Waals surface area contributed by atoms with Crippen molar-refractivity contribution in [1.29, 1.82) is 5.26 Å². The van der Waals surface area contributed by atoms with Crippen LogP contribution in [0.15, 0.2) is 30.3 Å². The average Bonchev–Trinajstić information content (AvgIpc) is 2.38. The summed E-state index contributed by atoms with van der Waals surface area (Å²) in [6.45, 7) is 0. The Kier molecular flexibility index (Phi) is 3.25. The second kappa shape index (κ2) is 5.01. The third-order valence-corrected chi connectivity index (χ3v) is 2.19. The molecule has 0 atom stereocenters. The van der Waals surface area contributed by atoms with Crippen LogP contribution >= 0.6 is 0 Å². The van der Waals surface area contributed by atoms with Gasteiger partial charge < -0.3 is 15.8 Å². The lowest BCUT2D eigenvalue weighted by atomic mass is 10.2. The molecule has 6 nitrogen and oxygen atoms in total. The minimum absolute atomic E-state index is 0.119. The highest BCUT2D eigenvalue weighted by molar-refractivity contribution is 5.59. The molecule has 0 saturated carbocycles. The maximum Gasteiger partial charge on any atom is 0.225 e. The maximum absolute atomic E-state index is 8.81. The van der Waals surface area contributed by atoms with Crippen LogP contribution in [0.2, 0.25) is 0 Å². The van der Waals surface area contributed by atoms with Crippen LogP contribution in [0.3, 0.4) is 0 Å². The van der Waals surface area contributed by atoms with Crippen LogP contribution in [0.4, 0.5) is 17.5 Å². The van der Waals surface area contributed by atoms with E-state index in [1.54, 1.807) is 24.3 Å². The molecule has 0 aliphatic heterocycles. The number of benzene rings is 1. The van der Waals surface area contributed by atoms with Gasteiger partial charge in [-0.25, -0.2) is 0 Å². The fourth-order valence-electron chi connectivity index (χ4n) is 1.43. The summed E-state index contributed by atoms with van der Waals surface area (Å²) in [6.07, 6.45) is 0. The summed E-state index contributed by atoms with van der Waals surface area (Å²) in [5.74, 6) is 1.00. The van der Waals surface area contributed by atoms with Crippen molar-refractivity contribution in [3.05, 3.63) is 35.9 Å². The summed E-state index contributed by atoms with van der Waals surface area (Å²) >= 11 is 0. The lowest BCUT2D eigenvalue weighted by Crippen LogP contribution is -2.01. The van der Waals surface area contributed by atoms with Crippen LogP contribution in [0.5, 0.6) is 5.88 Å². The third-order valence-electron chi connectivity index (χ3n) is 2.19. The summed E-state index contributed by atoms with van der Waals surface area (Å²) in [5.41, 5.74) is 6.86. The molecule has 3 N–H and O–H groups in total. The minimum Gasteiger partial charge on any atom is -0.481 e. The van der Waals surface area contributed by atoms with E-state index in [0.717, 1.165) is 5.69 Å². The van der Waals surface area contributed by atoms with Gasteiger partial charge in [0.15, 0.2) is 0 Å². The molecule has 1 aromatic carbocycles. The molecular formula is C12H11N5O. The van der Waals surface area contributed by atoms with Gasteiger partial charge in [-0.05, 0) is 18.2 Å². The molecule has 6 heteroatoms. The molecule has 0 saturated heterocycles. The van der Waals surface area contributed by atoms with E-state index in [1.165, 1.54) is 7.11 Å². The number of nitrogens with one attached hydrogen (secondary N) is 1. The number of ether oxygens (including phenoxy) is 1. The van der Waals surface area contributed by atoms with Crippen molar-refractivity contribution in [3.8, 4) is 11.9 Å². The highest BCUT2D eigenvalue weighted by Gasteiger charge is 2.03. The third kappa shape index (κ3) is 2.65. The minimum atomic E-state index is 0.119. The number of methoxy groups -OCH3 is 1. The number of rotatable bonds is 3. The molecule has 1 heterocycles. The van der Waals surface area contributed by atoms with E-state index < -0.39 is 0 Å². The van der Waals surface area contributed by atoms with Crippen molar-refractivity contribution in [2.75, 3.05) is 18.2 Å². The molecule has 0 radical (unpaired) electrons. The number of nitrogen functional groups attached to an aromatic ring is 1. The average molecular weight is 241 g/mol. The molecule has 0 spiro atoms. The first-order chi connectivity index (χ1) is 8.71. The number of nitrogens with two attached hydrogens (primary N) is 1. The Hall–Kier alpha value is -2.81. The second-order valence-corrected chi connectivity index (χ2v) is 3.47. The van der Waals surface area contributed by atoms with Crippen LogP contribution in [0, 0.1) is 11.3 Å². The fourth-order valence-corrected chi connectivity index (χ4v) is 1.43. The molecule has 2 rings (SSSR count). The predicted octanol–water partition coefficient (Wildman–Crippen LogP) is 1.68. The van der Waals surface area contributed by atoms with Gasteiger partial charge >= 0.3 is 0 Å². The van der Waals surface area contributed by atoms with Gasteiger partial charge in [0, 0.05) is 11.8 Å². The van der Waals surface area contributed by atoms with Gasteiger partial charge in [-0.15, -0.1) is 0 Å². The summed E-state index contributed by atoms with van der Waals surface area (Å²) in [4.78, 5) is 7.90. The highest BCUT2D eigenvalue weighted by atomic mass is 16.5. The molecular weight excluding hydrogens is 230 g/mol. The predicted molar refractivity (Wildman–Crippen MR) is 67.4 cm³/mol. The van der Waals surface area contributed by atoms with Crippen LogP contribution < -0.4 is 15.8 Å². The van der Waals surface area contributed by atoms with Crippen molar-refractivity contribution < 1.29 is 4.74 Å². The zero-order valence-corrected chi connectivity index (χ0v) is 9.71. The van der Waals surface area contributed by atoms with E-state index in [2.05, 4.69) is 21.4 Å². The van der Waals surface area contributed by atoms with Crippen LogP contribution in [0.1, 0.15) is 5.56 Å². The van der Waals surface area contributed by atoms with E-state index in [1.807, 2.05) is 6.07 Å². The first-order valence-electron chi connectivity index (χ1n) is 5.17. The van der Waals surface area contributed by atoms with Crippen molar-refractivity contribution in [3.63, 3.8) is 0 Å². The van der Waals surface area contributed by atoms with Gasteiger partial charge in [0.05, 0.1) is 18.7 Å². The molecule has 90 valence electrons. The molecule has 0 unspecified atom stereocenters. The van der Waals surface area contributed by atoms with Gasteiger partial charge in [0.2, 0.25) is 11.8 Å². The molecule has 0 amide bonds. The Morgan fingerprint density at radius 3 is 2.89 bits per heavy atom. The number of nitrogens with zero attached hydrogens (tertiary/aromatic N) is 3. The van der Waals surface area contributed by atoms with Gasteiger partial charge in [-0.3, -0.25) is 0 Å². The van der Waals surface area contributed by atoms with Gasteiger partial charge in [0.25, 0.3) is 0 Å². The van der Waals surface area contributed by atoms with Crippen molar-refractivity contribution in [2.24, 2.45) is 0 Å². The van der Waals surface area contributed by atoms with E-state index in [4.69, 9.17) is 15.7 Å². The van der Waals surface area contributed by atoms with Gasteiger partial charge in [0.1, 0.15) is 5.82 Å². The Balaban J connectivity index is 2.28. The zero-order valence-electron chi connectivity index (χ0n) is 9.71. The van der Waals surface area contributed by atoms with E-state index in [-0.39, 0.29) is 5.95 Å². The molecule has 2 aromatic rings. The maximum atomic E-state index is 8.81. The molecule has 0 aliphatic rings. The van der Waals surface area contributed by atoms with Crippen LogP contribution in [-0.2, 0) is 0 Å². The standard InChI is InChI=1S/C12H11N5O/c1-18-11-6-10(16-12(14)17-11)15-9-4-2-3-8(5-9)7-13/h2-6H,1H3,(H3,14,15,16,17). The molecule has 0 bridgehead atoms. The van der Waals surface area contributed by atoms with E-state index in [0.29, 0.717) is 17.3 Å². The largest absolute Gasteiger partial charge is 0.481 e. The van der Waals surface area contributed by atoms with Gasteiger partial charge in [-0.1, -0.05) is 6.07 Å². The number of nitriles is 1. The molecule has 0 aliphatic carbocycles. The smallest absolute Gasteiger partial charge is 0.225 e. The summed E-state index contributed by atoms with van der Waals surface area (Å²) < 4.78 is 4.99. The fraction of sp³-hybridized carbons (Fsp3) is 0.0833. The quantitative estimate of drug-likeness (QED) is 0.848. The van der Waals surface area contributed by atoms with Crippen molar-refractivity contribution in [2.45, 2.75) is 0 Å². The number of aromatic nitrogens is 2. The Labute approximate surface area is 104 Å². The van der Waals surface area contributed by atoms with Crippen LogP contribution in [0.25, 0.3) is 0 Å². The first-order valence-corrected chi connectivity index (χ1v) is 5.17. The normalized spacial score (nSPS) is 9.56. The second-order valence-electron chi connectivity index (χ2n) is 3.47. The number of hydrogen-bond acceptors (Lipinski definition) is 6. The molecule has 1 aromatic heterocycles. The topological polar surface area (TPSA) is 96.8 Å². The van der Waals surface area contributed by atoms with Crippen LogP contribution in [-0.4, -0.2) is 17.1 Å². The highest BCUT2D eigenvalue weighted by Crippen LogP contribution is 2.19. The van der Waals surface area contributed by atoms with E-state index >= 15 is 0 Å². The van der Waals surface area contributed by atoms with Gasteiger partial charge in [-0.2, -0.15) is 15.2 Å². The van der Waals surface area contributed by atoms with Crippen molar-refractivity contribution in [1.82, 2.24) is 9.97 Å². The number of hydrogen-bond donors (Lipinski definition) is 2. The lowest BCUT2D eigenvalue weighted by molar-refractivity contribution is 0.398. The Morgan fingerprint density at radius 1 is 1.33 bits per heavy atom. The van der Waals surface area contributed by atoms with Crippen molar-refractivity contribution >= 4 is 17.5 Å². The molecule has 0 fully saturated rings. The zero-order chi connectivity index (χ0) is 13.0. The van der Waals surface area contributed by atoms with E-state index in [9.17, 15) is 0 Å². The Bertz CT molecular complexity index is 606. The summed E-state index contributed by atoms with van der Waals surface area (Å²) in [6, 6.07) is 10.7. The monoisotopic (exact) mass is 241 g/mol. The summed E-state index contributed by atoms with van der Waals surface area (Å²) in [7, 11) is 1.50. The number of anilines is 3. The SMILES string of the molecule is COc1cc(Nc2cccc(C#N)c2)nc(N)n1. The summed E-state index contributed by atoms with van der Waals surface area (Å²) in [5, 5.41) is 11.8. The molecule has 18 heavy (non-hydrogen) atoms. The Morgan fingerprint density at radius 2 is 2.17 bits per heavy atom. The lowest BCUT2D eigenvalue weighted by Gasteiger charge is -2.07. The first kappa shape index (κ1) is 11.7.